The van der Waals surface area contributed by atoms with E-state index < -0.39 is 0 Å². The van der Waals surface area contributed by atoms with Gasteiger partial charge >= 0.3 is 5.97 Å². The van der Waals surface area contributed by atoms with E-state index in [9.17, 15) is 9.59 Å². The molecule has 6 heteroatoms. The van der Waals surface area contributed by atoms with Gasteiger partial charge < -0.3 is 14.5 Å². The number of hydrogen-bond acceptors (Lipinski definition) is 5. The van der Waals surface area contributed by atoms with Crippen molar-refractivity contribution in [3.05, 3.63) is 39.7 Å². The summed E-state index contributed by atoms with van der Waals surface area (Å²) in [7, 11) is 0. The van der Waals surface area contributed by atoms with Crippen LogP contribution in [0.1, 0.15) is 71.0 Å². The van der Waals surface area contributed by atoms with Crippen LogP contribution in [0.4, 0.5) is 5.00 Å². The number of furan rings is 1. The molecule has 0 saturated carbocycles. The number of amides is 1. The summed E-state index contributed by atoms with van der Waals surface area (Å²) < 4.78 is 10.5. The normalized spacial score (nSPS) is 16.7. The van der Waals surface area contributed by atoms with Crippen molar-refractivity contribution in [2.45, 2.75) is 53.9 Å². The molecule has 0 unspecified atom stereocenters. The van der Waals surface area contributed by atoms with Gasteiger partial charge in [-0.1, -0.05) is 20.8 Å². The van der Waals surface area contributed by atoms with E-state index in [1.807, 2.05) is 0 Å². The Hall–Kier alpha value is -2.08. The van der Waals surface area contributed by atoms with Gasteiger partial charge in [-0.05, 0) is 56.1 Å². The second kappa shape index (κ2) is 7.50. The van der Waals surface area contributed by atoms with E-state index in [2.05, 4.69) is 26.1 Å². The van der Waals surface area contributed by atoms with Gasteiger partial charge in [-0.25, -0.2) is 4.79 Å². The summed E-state index contributed by atoms with van der Waals surface area (Å²) in [5, 5.41) is 3.50. The Morgan fingerprint density at radius 3 is 2.70 bits per heavy atom. The molecule has 0 aromatic carbocycles. The highest BCUT2D eigenvalue weighted by Gasteiger charge is 2.34. The minimum absolute atomic E-state index is 0.211. The molecule has 1 N–H and O–H groups in total. The molecule has 2 aromatic heterocycles. The van der Waals surface area contributed by atoms with Crippen molar-refractivity contribution in [3.8, 4) is 0 Å². The van der Waals surface area contributed by atoms with Crippen molar-refractivity contribution in [1.29, 1.82) is 0 Å². The van der Waals surface area contributed by atoms with Gasteiger partial charge in [0.15, 0.2) is 0 Å². The van der Waals surface area contributed by atoms with Crippen molar-refractivity contribution >= 4 is 28.2 Å². The highest BCUT2D eigenvalue weighted by atomic mass is 32.1. The number of nitrogens with one attached hydrogen (secondary N) is 1. The third-order valence-electron chi connectivity index (χ3n) is 5.30. The molecule has 146 valence electrons. The lowest BCUT2D eigenvalue weighted by Crippen LogP contribution is -2.26. The Bertz CT molecular complexity index is 856. The van der Waals surface area contributed by atoms with Crippen molar-refractivity contribution in [2.24, 2.45) is 11.3 Å². The summed E-state index contributed by atoms with van der Waals surface area (Å²) in [6, 6.07) is 1.64. The van der Waals surface area contributed by atoms with Gasteiger partial charge in [0.1, 0.15) is 10.8 Å². The van der Waals surface area contributed by atoms with Crippen LogP contribution >= 0.6 is 11.3 Å². The van der Waals surface area contributed by atoms with Gasteiger partial charge in [0.25, 0.3) is 5.91 Å². The van der Waals surface area contributed by atoms with Crippen LogP contribution in [0.3, 0.4) is 0 Å². The fourth-order valence-electron chi connectivity index (χ4n) is 3.62. The molecule has 1 amide bonds. The summed E-state index contributed by atoms with van der Waals surface area (Å²) in [5.41, 5.74) is 2.25. The first-order valence-corrected chi connectivity index (χ1v) is 10.2. The summed E-state index contributed by atoms with van der Waals surface area (Å²) >= 11 is 1.50. The van der Waals surface area contributed by atoms with E-state index in [0.29, 0.717) is 34.4 Å². The van der Waals surface area contributed by atoms with Crippen molar-refractivity contribution in [3.63, 3.8) is 0 Å². The van der Waals surface area contributed by atoms with Crippen LogP contribution in [0.5, 0.6) is 0 Å². The average Bonchev–Trinajstić information content (AvgIpc) is 3.16. The second-order valence-electron chi connectivity index (χ2n) is 8.08. The second-order valence-corrected chi connectivity index (χ2v) is 9.18. The van der Waals surface area contributed by atoms with E-state index in [0.717, 1.165) is 24.8 Å². The molecule has 1 aliphatic carbocycles. The van der Waals surface area contributed by atoms with Crippen LogP contribution in [-0.2, 0) is 17.6 Å². The summed E-state index contributed by atoms with van der Waals surface area (Å²) in [6.07, 6.45) is 4.29. The van der Waals surface area contributed by atoms with Crippen molar-refractivity contribution in [1.82, 2.24) is 0 Å². The van der Waals surface area contributed by atoms with Crippen LogP contribution in [-0.4, -0.2) is 18.5 Å². The molecule has 3 rings (SSSR count). The fraction of sp³-hybridized carbons (Fsp3) is 0.524. The number of hydrogen-bond donors (Lipinski definition) is 1. The molecule has 2 heterocycles. The third-order valence-corrected chi connectivity index (χ3v) is 6.47. The molecule has 0 fully saturated rings. The molecule has 0 radical (unpaired) electrons. The van der Waals surface area contributed by atoms with Gasteiger partial charge in [-0.2, -0.15) is 0 Å². The van der Waals surface area contributed by atoms with Gasteiger partial charge in [0.2, 0.25) is 0 Å². The molecule has 0 saturated heterocycles. The van der Waals surface area contributed by atoms with E-state index in [1.54, 1.807) is 19.9 Å². The van der Waals surface area contributed by atoms with E-state index in [4.69, 9.17) is 9.15 Å². The zero-order valence-corrected chi connectivity index (χ0v) is 17.4. The molecular formula is C21H27NO4S. The lowest BCUT2D eigenvalue weighted by molar-refractivity contribution is 0.0526. The summed E-state index contributed by atoms with van der Waals surface area (Å²) in [4.78, 5) is 26.5. The number of fused-ring (bicyclic) bond motifs is 1. The first-order chi connectivity index (χ1) is 12.7. The smallest absolute Gasteiger partial charge is 0.341 e. The standard InChI is InChI=1S/C21H27NO4S/c1-6-25-20(24)17-15-8-7-13(21(3,4)5)11-16(15)27-19(17)22-18(23)14-9-10-26-12(14)2/h9-10,13H,6-8,11H2,1-5H3,(H,22,23)/t13-/m0/s1. The maximum atomic E-state index is 12.6. The molecule has 2 aromatic rings. The maximum absolute atomic E-state index is 12.6. The Morgan fingerprint density at radius 1 is 1.37 bits per heavy atom. The monoisotopic (exact) mass is 389 g/mol. The number of aryl methyl sites for hydroxylation is 1. The molecular weight excluding hydrogens is 362 g/mol. The summed E-state index contributed by atoms with van der Waals surface area (Å²) in [6.45, 7) is 10.6. The third kappa shape index (κ3) is 3.95. The number of rotatable bonds is 4. The van der Waals surface area contributed by atoms with Gasteiger partial charge in [0, 0.05) is 4.88 Å². The van der Waals surface area contributed by atoms with Crippen LogP contribution in [0.2, 0.25) is 0 Å². The van der Waals surface area contributed by atoms with Crippen LogP contribution in [0.25, 0.3) is 0 Å². The quantitative estimate of drug-likeness (QED) is 0.727. The lowest BCUT2D eigenvalue weighted by Gasteiger charge is -2.33. The predicted molar refractivity (Wildman–Crippen MR) is 107 cm³/mol. The first kappa shape index (κ1) is 19.7. The SMILES string of the molecule is CCOC(=O)c1c(NC(=O)c2ccoc2C)sc2c1CC[C@H](C(C)(C)C)C2. The maximum Gasteiger partial charge on any atom is 0.341 e. The first-order valence-electron chi connectivity index (χ1n) is 9.39. The molecule has 0 spiro atoms. The van der Waals surface area contributed by atoms with Crippen molar-refractivity contribution < 1.29 is 18.7 Å². The van der Waals surface area contributed by atoms with Crippen LogP contribution < -0.4 is 5.32 Å². The Kier molecular flexibility index (Phi) is 5.47. The van der Waals surface area contributed by atoms with Gasteiger partial charge in [0.05, 0.1) is 24.0 Å². The molecule has 1 aliphatic rings. The molecule has 0 aliphatic heterocycles. The highest BCUT2D eigenvalue weighted by Crippen LogP contribution is 2.44. The van der Waals surface area contributed by atoms with E-state index >= 15 is 0 Å². The zero-order chi connectivity index (χ0) is 19.8. The number of carbonyl (C=O) groups excluding carboxylic acids is 2. The largest absolute Gasteiger partial charge is 0.469 e. The van der Waals surface area contributed by atoms with E-state index in [-0.39, 0.29) is 17.3 Å². The van der Waals surface area contributed by atoms with Crippen molar-refractivity contribution in [2.75, 3.05) is 11.9 Å². The minimum Gasteiger partial charge on any atom is -0.469 e. The summed E-state index contributed by atoms with van der Waals surface area (Å²) in [5.74, 6) is 0.485. The number of carbonyl (C=O) groups is 2. The number of thiophene rings is 1. The zero-order valence-electron chi connectivity index (χ0n) is 16.6. The lowest BCUT2D eigenvalue weighted by atomic mass is 9.72. The van der Waals surface area contributed by atoms with Gasteiger partial charge in [-0.3, -0.25) is 4.79 Å². The highest BCUT2D eigenvalue weighted by molar-refractivity contribution is 7.17. The number of esters is 1. The number of anilines is 1. The van der Waals surface area contributed by atoms with Crippen LogP contribution in [0, 0.1) is 18.3 Å². The van der Waals surface area contributed by atoms with E-state index in [1.165, 1.54) is 22.5 Å². The Morgan fingerprint density at radius 2 is 2.11 bits per heavy atom. The Balaban J connectivity index is 1.96. The topological polar surface area (TPSA) is 68.5 Å². The predicted octanol–water partition coefficient (Wildman–Crippen LogP) is 5.23. The molecule has 1 atom stereocenters. The molecule has 0 bridgehead atoms. The fourth-order valence-corrected chi connectivity index (χ4v) is 4.93. The number of ether oxygens (including phenoxy) is 1. The average molecular weight is 390 g/mol. The van der Waals surface area contributed by atoms with Crippen LogP contribution in [0.15, 0.2) is 16.7 Å². The molecule has 27 heavy (non-hydrogen) atoms. The Labute approximate surface area is 164 Å². The minimum atomic E-state index is -0.358. The molecule has 5 nitrogen and oxygen atoms in total. The van der Waals surface area contributed by atoms with Gasteiger partial charge in [-0.15, -0.1) is 11.3 Å².